The first-order chi connectivity index (χ1) is 8.47. The largest absolute Gasteiger partial charge is 0.465 e. The van der Waals surface area contributed by atoms with Crippen LogP contribution in [-0.2, 0) is 14.9 Å². The van der Waals surface area contributed by atoms with Crippen molar-refractivity contribution < 1.29 is 9.53 Å². The zero-order chi connectivity index (χ0) is 13.6. The zero-order valence-corrected chi connectivity index (χ0v) is 11.7. The summed E-state index contributed by atoms with van der Waals surface area (Å²) in [5.41, 5.74) is 2.58. The Kier molecular flexibility index (Phi) is 5.35. The average Bonchev–Trinajstić information content (AvgIpc) is 2.29. The summed E-state index contributed by atoms with van der Waals surface area (Å²) in [5, 5.41) is 3.16. The third-order valence-electron chi connectivity index (χ3n) is 3.02. The summed E-state index contributed by atoms with van der Waals surface area (Å²) >= 11 is 0. The lowest BCUT2D eigenvalue weighted by atomic mass is 9.82. The smallest absolute Gasteiger partial charge is 0.319 e. The van der Waals surface area contributed by atoms with Crippen molar-refractivity contribution in [3.63, 3.8) is 0 Å². The molecule has 3 heteroatoms. The number of hydrogen-bond acceptors (Lipinski definition) is 3. The molecule has 3 nitrogen and oxygen atoms in total. The fraction of sp³-hybridized carbons (Fsp3) is 0.533. The molecule has 0 aliphatic carbocycles. The molecule has 1 aromatic carbocycles. The van der Waals surface area contributed by atoms with Gasteiger partial charge >= 0.3 is 5.97 Å². The van der Waals surface area contributed by atoms with Gasteiger partial charge in [0, 0.05) is 12.0 Å². The Morgan fingerprint density at radius 1 is 1.33 bits per heavy atom. The highest BCUT2D eigenvalue weighted by molar-refractivity contribution is 5.71. The van der Waals surface area contributed by atoms with Gasteiger partial charge in [-0.25, -0.2) is 0 Å². The van der Waals surface area contributed by atoms with Gasteiger partial charge in [-0.05, 0) is 25.0 Å². The summed E-state index contributed by atoms with van der Waals surface area (Å²) in [6.45, 7) is 9.72. The second-order valence-electron chi connectivity index (χ2n) is 5.11. The lowest BCUT2D eigenvalue weighted by Gasteiger charge is -2.27. The van der Waals surface area contributed by atoms with E-state index in [0.717, 1.165) is 6.54 Å². The van der Waals surface area contributed by atoms with E-state index >= 15 is 0 Å². The monoisotopic (exact) mass is 249 g/mol. The van der Waals surface area contributed by atoms with E-state index in [9.17, 15) is 4.79 Å². The Morgan fingerprint density at radius 3 is 2.61 bits per heavy atom. The Morgan fingerprint density at radius 2 is 2.00 bits per heavy atom. The van der Waals surface area contributed by atoms with E-state index in [1.165, 1.54) is 11.1 Å². The maximum Gasteiger partial charge on any atom is 0.319 e. The van der Waals surface area contributed by atoms with Gasteiger partial charge in [-0.3, -0.25) is 4.79 Å². The van der Waals surface area contributed by atoms with Crippen LogP contribution < -0.4 is 5.32 Å². The third kappa shape index (κ3) is 4.15. The van der Waals surface area contributed by atoms with E-state index in [-0.39, 0.29) is 17.9 Å². The molecule has 0 aromatic heterocycles. The van der Waals surface area contributed by atoms with Crippen molar-refractivity contribution in [1.82, 2.24) is 5.32 Å². The van der Waals surface area contributed by atoms with Crippen LogP contribution in [0.5, 0.6) is 0 Å². The van der Waals surface area contributed by atoms with Crippen LogP contribution >= 0.6 is 0 Å². The van der Waals surface area contributed by atoms with E-state index < -0.39 is 0 Å². The van der Waals surface area contributed by atoms with E-state index in [1.54, 1.807) is 0 Å². The normalized spacial score (nSPS) is 11.3. The summed E-state index contributed by atoms with van der Waals surface area (Å²) in [6.07, 6.45) is 0. The summed E-state index contributed by atoms with van der Waals surface area (Å²) < 4.78 is 4.88. The van der Waals surface area contributed by atoms with Gasteiger partial charge in [0.05, 0.1) is 13.2 Å². The minimum Gasteiger partial charge on any atom is -0.465 e. The summed E-state index contributed by atoms with van der Waals surface area (Å²) in [4.78, 5) is 11.2. The topological polar surface area (TPSA) is 38.3 Å². The molecular formula is C15H23NO2. The molecule has 0 fully saturated rings. The first kappa shape index (κ1) is 14.7. The molecule has 0 aliphatic heterocycles. The minimum absolute atomic E-state index is 0.00214. The highest BCUT2D eigenvalue weighted by Gasteiger charge is 2.22. The third-order valence-corrected chi connectivity index (χ3v) is 3.02. The van der Waals surface area contributed by atoms with Crippen molar-refractivity contribution in [3.05, 3.63) is 35.4 Å². The summed E-state index contributed by atoms with van der Waals surface area (Å²) in [6, 6.07) is 8.35. The van der Waals surface area contributed by atoms with Crippen LogP contribution in [0.2, 0.25) is 0 Å². The Labute approximate surface area is 110 Å². The lowest BCUT2D eigenvalue weighted by molar-refractivity contribution is -0.142. The fourth-order valence-electron chi connectivity index (χ4n) is 2.12. The number of aryl methyl sites for hydroxylation is 1. The molecule has 0 spiro atoms. The predicted octanol–water partition coefficient (Wildman–Crippen LogP) is 2.43. The van der Waals surface area contributed by atoms with Crippen LogP contribution in [0, 0.1) is 6.92 Å². The van der Waals surface area contributed by atoms with E-state index in [2.05, 4.69) is 44.3 Å². The van der Waals surface area contributed by atoms with Crippen LogP contribution in [0.1, 0.15) is 31.9 Å². The molecule has 1 N–H and O–H groups in total. The lowest BCUT2D eigenvalue weighted by Crippen LogP contribution is -2.36. The fourth-order valence-corrected chi connectivity index (χ4v) is 2.12. The van der Waals surface area contributed by atoms with Crippen molar-refractivity contribution >= 4 is 5.97 Å². The van der Waals surface area contributed by atoms with Crippen LogP contribution in [0.15, 0.2) is 24.3 Å². The number of esters is 1. The number of ether oxygens (including phenoxy) is 1. The molecule has 0 atom stereocenters. The van der Waals surface area contributed by atoms with Gasteiger partial charge in [0.25, 0.3) is 0 Å². The van der Waals surface area contributed by atoms with Crippen molar-refractivity contribution in [2.24, 2.45) is 0 Å². The second kappa shape index (κ2) is 6.55. The Hall–Kier alpha value is -1.35. The highest BCUT2D eigenvalue weighted by Crippen LogP contribution is 2.25. The Balaban J connectivity index is 2.55. The first-order valence-electron chi connectivity index (χ1n) is 6.40. The number of carbonyl (C=O) groups excluding carboxylic acids is 1. The molecule has 0 saturated heterocycles. The minimum atomic E-state index is -0.196. The summed E-state index contributed by atoms with van der Waals surface area (Å²) in [5.74, 6) is -0.196. The van der Waals surface area contributed by atoms with Crippen molar-refractivity contribution in [1.29, 1.82) is 0 Å². The number of nitrogens with one attached hydrogen (secondary N) is 1. The molecule has 0 unspecified atom stereocenters. The molecule has 0 amide bonds. The van der Waals surface area contributed by atoms with Crippen molar-refractivity contribution in [2.75, 3.05) is 19.7 Å². The van der Waals surface area contributed by atoms with Crippen LogP contribution in [0.4, 0.5) is 0 Å². The molecule has 18 heavy (non-hydrogen) atoms. The van der Waals surface area contributed by atoms with Crippen LogP contribution in [-0.4, -0.2) is 25.7 Å². The molecule has 1 rings (SSSR count). The number of rotatable bonds is 6. The van der Waals surface area contributed by atoms with Gasteiger partial charge in [-0.1, -0.05) is 38.1 Å². The van der Waals surface area contributed by atoms with E-state index in [4.69, 9.17) is 4.74 Å². The Bertz CT molecular complexity index is 399. The van der Waals surface area contributed by atoms with E-state index in [0.29, 0.717) is 6.61 Å². The summed E-state index contributed by atoms with van der Waals surface area (Å²) in [7, 11) is 0. The molecule has 0 radical (unpaired) electrons. The van der Waals surface area contributed by atoms with Gasteiger partial charge < -0.3 is 10.1 Å². The zero-order valence-electron chi connectivity index (χ0n) is 11.7. The molecule has 0 aliphatic rings. The number of carbonyl (C=O) groups is 1. The quantitative estimate of drug-likeness (QED) is 0.787. The van der Waals surface area contributed by atoms with Crippen LogP contribution in [0.3, 0.4) is 0 Å². The maximum atomic E-state index is 11.2. The van der Waals surface area contributed by atoms with E-state index in [1.807, 2.05) is 13.0 Å². The molecule has 0 saturated carbocycles. The predicted molar refractivity (Wildman–Crippen MR) is 73.7 cm³/mol. The molecule has 100 valence electrons. The number of hydrogen-bond donors (Lipinski definition) is 1. The molecule has 0 heterocycles. The van der Waals surface area contributed by atoms with Crippen LogP contribution in [0.25, 0.3) is 0 Å². The SMILES string of the molecule is CCOC(=O)CNCC(C)(C)c1ccccc1C. The van der Waals surface area contributed by atoms with Crippen molar-refractivity contribution in [2.45, 2.75) is 33.1 Å². The van der Waals surface area contributed by atoms with Gasteiger partial charge in [0.15, 0.2) is 0 Å². The van der Waals surface area contributed by atoms with Gasteiger partial charge in [0.2, 0.25) is 0 Å². The molecular weight excluding hydrogens is 226 g/mol. The first-order valence-corrected chi connectivity index (χ1v) is 6.40. The number of benzene rings is 1. The van der Waals surface area contributed by atoms with Crippen molar-refractivity contribution in [3.8, 4) is 0 Å². The maximum absolute atomic E-state index is 11.2. The highest BCUT2D eigenvalue weighted by atomic mass is 16.5. The van der Waals surface area contributed by atoms with Gasteiger partial charge in [0.1, 0.15) is 0 Å². The van der Waals surface area contributed by atoms with Gasteiger partial charge in [-0.2, -0.15) is 0 Å². The molecule has 1 aromatic rings. The molecule has 0 bridgehead atoms. The standard InChI is InChI=1S/C15H23NO2/c1-5-18-14(17)10-16-11-15(3,4)13-9-7-6-8-12(13)2/h6-9,16H,5,10-11H2,1-4H3. The average molecular weight is 249 g/mol. The second-order valence-corrected chi connectivity index (χ2v) is 5.11. The van der Waals surface area contributed by atoms with Gasteiger partial charge in [-0.15, -0.1) is 0 Å².